The van der Waals surface area contributed by atoms with Crippen molar-refractivity contribution < 1.29 is 57.4 Å². The van der Waals surface area contributed by atoms with Crippen LogP contribution in [0.3, 0.4) is 0 Å². The van der Waals surface area contributed by atoms with Crippen molar-refractivity contribution >= 4 is 30.4 Å². The standard InChI is InChI=1S/C9H24O12P4/c10-22(11,12)7-3-1-5-9(24(16,17)18,25(19,20)21)6-2-4-8-23(13,14)15/h1-8H2,(H2,10,11,12)(H2,13,14,15)(H2,16,17,18)(H2,19,20,21). The van der Waals surface area contributed by atoms with Crippen molar-refractivity contribution in [3.63, 3.8) is 0 Å². The van der Waals surface area contributed by atoms with Gasteiger partial charge in [0.25, 0.3) is 0 Å². The smallest absolute Gasteiger partial charge is 0.324 e. The second-order valence-electron chi connectivity index (χ2n) is 5.76. The molecule has 0 atom stereocenters. The van der Waals surface area contributed by atoms with E-state index >= 15 is 0 Å². The Labute approximate surface area is 144 Å². The van der Waals surface area contributed by atoms with Gasteiger partial charge < -0.3 is 39.1 Å². The van der Waals surface area contributed by atoms with Crippen molar-refractivity contribution in [2.45, 2.75) is 43.4 Å². The second-order valence-corrected chi connectivity index (χ2v) is 13.6. The molecule has 0 saturated heterocycles. The van der Waals surface area contributed by atoms with E-state index in [1.54, 1.807) is 0 Å². The lowest BCUT2D eigenvalue weighted by Crippen LogP contribution is -2.29. The number of rotatable bonds is 12. The summed E-state index contributed by atoms with van der Waals surface area (Å²) < 4.78 is 45.1. The highest BCUT2D eigenvalue weighted by molar-refractivity contribution is 7.72. The third kappa shape index (κ3) is 9.38. The van der Waals surface area contributed by atoms with E-state index < -0.39 is 60.4 Å². The summed E-state index contributed by atoms with van der Waals surface area (Å²) in [6, 6.07) is 0. The molecule has 0 unspecified atom stereocenters. The predicted octanol–water partition coefficient (Wildman–Crippen LogP) is 0.734. The summed E-state index contributed by atoms with van der Waals surface area (Å²) in [4.78, 5) is 70.2. The Bertz CT molecular complexity index is 554. The van der Waals surface area contributed by atoms with E-state index in [9.17, 15) is 37.8 Å². The van der Waals surface area contributed by atoms with Gasteiger partial charge in [0.1, 0.15) is 0 Å². The zero-order chi connectivity index (χ0) is 20.2. The fraction of sp³-hybridized carbons (Fsp3) is 1.00. The lowest BCUT2D eigenvalue weighted by molar-refractivity contribution is 0.290. The first kappa shape index (κ1) is 25.6. The Kier molecular flexibility index (Phi) is 9.42. The molecule has 0 aliphatic carbocycles. The minimum Gasteiger partial charge on any atom is -0.324 e. The van der Waals surface area contributed by atoms with Gasteiger partial charge in [-0.05, 0) is 25.7 Å². The summed E-state index contributed by atoms with van der Waals surface area (Å²) in [5, 5.41) is 0. The Balaban J connectivity index is 5.21. The molecule has 0 aliphatic rings. The van der Waals surface area contributed by atoms with E-state index in [0.29, 0.717) is 0 Å². The van der Waals surface area contributed by atoms with Crippen LogP contribution in [0.4, 0.5) is 0 Å². The van der Waals surface area contributed by atoms with Gasteiger partial charge in [-0.2, -0.15) is 0 Å². The predicted molar refractivity (Wildman–Crippen MR) is 88.3 cm³/mol. The molecule has 0 heterocycles. The highest BCUT2D eigenvalue weighted by Gasteiger charge is 2.58. The van der Waals surface area contributed by atoms with Crippen LogP contribution in [0, 0.1) is 0 Å². The average molecular weight is 448 g/mol. The minimum atomic E-state index is -5.34. The Morgan fingerprint density at radius 3 is 1.00 bits per heavy atom. The quantitative estimate of drug-likeness (QED) is 0.153. The minimum absolute atomic E-state index is 0.200. The monoisotopic (exact) mass is 448 g/mol. The SMILES string of the molecule is O=P(O)(O)CCCCC(CCCCP(=O)(O)O)(P(=O)(O)O)P(=O)(O)O. The van der Waals surface area contributed by atoms with Crippen molar-refractivity contribution in [2.24, 2.45) is 0 Å². The maximum Gasteiger partial charge on any atom is 0.343 e. The summed E-state index contributed by atoms with van der Waals surface area (Å²) in [5.41, 5.74) is 0. The van der Waals surface area contributed by atoms with Crippen LogP contribution in [-0.2, 0) is 18.3 Å². The van der Waals surface area contributed by atoms with Gasteiger partial charge >= 0.3 is 30.4 Å². The third-order valence-corrected chi connectivity index (χ3v) is 10.1. The number of hydrogen-bond acceptors (Lipinski definition) is 4. The van der Waals surface area contributed by atoms with Crippen LogP contribution < -0.4 is 0 Å². The number of hydrogen-bond donors (Lipinski definition) is 8. The second kappa shape index (κ2) is 9.20. The lowest BCUT2D eigenvalue weighted by Gasteiger charge is -2.34. The van der Waals surface area contributed by atoms with Crippen LogP contribution in [0.15, 0.2) is 0 Å². The van der Waals surface area contributed by atoms with Crippen molar-refractivity contribution in [1.82, 2.24) is 0 Å². The van der Waals surface area contributed by atoms with E-state index in [-0.39, 0.29) is 25.7 Å². The first-order valence-corrected chi connectivity index (χ1v) is 13.9. The van der Waals surface area contributed by atoms with Gasteiger partial charge in [0.05, 0.1) is 0 Å². The fourth-order valence-corrected chi connectivity index (χ4v) is 6.76. The maximum atomic E-state index is 11.8. The molecule has 152 valence electrons. The van der Waals surface area contributed by atoms with E-state index in [1.807, 2.05) is 0 Å². The molecule has 12 nitrogen and oxygen atoms in total. The molecule has 16 heteroatoms. The molecular weight excluding hydrogens is 424 g/mol. The normalized spacial score (nSPS) is 14.7. The molecule has 0 spiro atoms. The molecule has 0 saturated carbocycles. The van der Waals surface area contributed by atoms with Gasteiger partial charge in [-0.15, -0.1) is 0 Å². The molecule has 0 rings (SSSR count). The van der Waals surface area contributed by atoms with E-state index in [4.69, 9.17) is 19.6 Å². The summed E-state index contributed by atoms with van der Waals surface area (Å²) in [6.45, 7) is 0. The van der Waals surface area contributed by atoms with E-state index in [0.717, 1.165) is 0 Å². The van der Waals surface area contributed by atoms with Crippen LogP contribution in [-0.4, -0.2) is 56.4 Å². The molecule has 0 aliphatic heterocycles. The molecular formula is C9H24O12P4. The van der Waals surface area contributed by atoms with Crippen LogP contribution in [0.2, 0.25) is 0 Å². The highest BCUT2D eigenvalue weighted by Crippen LogP contribution is 2.73. The van der Waals surface area contributed by atoms with Gasteiger partial charge in [0.15, 0.2) is 4.90 Å². The molecule has 0 bridgehead atoms. The van der Waals surface area contributed by atoms with E-state index in [1.165, 1.54) is 0 Å². The molecule has 0 aromatic rings. The summed E-state index contributed by atoms with van der Waals surface area (Å²) in [5.74, 6) is 0. The largest absolute Gasteiger partial charge is 0.343 e. The topological polar surface area (TPSA) is 230 Å². The summed E-state index contributed by atoms with van der Waals surface area (Å²) >= 11 is 0. The first-order valence-electron chi connectivity index (χ1n) is 7.12. The number of unbranched alkanes of at least 4 members (excludes halogenated alkanes) is 2. The Hall–Kier alpha value is 0.600. The Morgan fingerprint density at radius 2 is 0.800 bits per heavy atom. The fourth-order valence-electron chi connectivity index (χ4n) is 2.33. The van der Waals surface area contributed by atoms with Gasteiger partial charge in [-0.3, -0.25) is 18.3 Å². The van der Waals surface area contributed by atoms with Crippen LogP contribution in [0.25, 0.3) is 0 Å². The maximum absolute atomic E-state index is 11.8. The third-order valence-electron chi connectivity index (χ3n) is 3.64. The van der Waals surface area contributed by atoms with Crippen LogP contribution in [0.1, 0.15) is 38.5 Å². The Morgan fingerprint density at radius 1 is 0.520 bits per heavy atom. The van der Waals surface area contributed by atoms with Crippen LogP contribution >= 0.6 is 30.4 Å². The molecule has 0 amide bonds. The van der Waals surface area contributed by atoms with Crippen molar-refractivity contribution in [1.29, 1.82) is 0 Å². The summed E-state index contributed by atoms with van der Waals surface area (Å²) in [7, 11) is -19.4. The molecule has 0 aromatic carbocycles. The molecule has 8 N–H and O–H groups in total. The first-order chi connectivity index (χ1) is 10.9. The van der Waals surface area contributed by atoms with E-state index in [2.05, 4.69) is 0 Å². The van der Waals surface area contributed by atoms with Gasteiger partial charge in [0.2, 0.25) is 0 Å². The molecule has 25 heavy (non-hydrogen) atoms. The van der Waals surface area contributed by atoms with Crippen molar-refractivity contribution in [3.05, 3.63) is 0 Å². The highest BCUT2D eigenvalue weighted by atomic mass is 31.2. The van der Waals surface area contributed by atoms with Gasteiger partial charge in [0, 0.05) is 12.3 Å². The zero-order valence-electron chi connectivity index (χ0n) is 13.2. The van der Waals surface area contributed by atoms with Crippen molar-refractivity contribution in [3.8, 4) is 0 Å². The zero-order valence-corrected chi connectivity index (χ0v) is 16.7. The van der Waals surface area contributed by atoms with Gasteiger partial charge in [-0.25, -0.2) is 0 Å². The average Bonchev–Trinajstić information content (AvgIpc) is 2.31. The molecule has 0 radical (unpaired) electrons. The lowest BCUT2D eigenvalue weighted by atomic mass is 10.1. The molecule has 0 fully saturated rings. The molecule has 0 aromatic heterocycles. The van der Waals surface area contributed by atoms with Gasteiger partial charge in [-0.1, -0.05) is 12.8 Å². The summed E-state index contributed by atoms with van der Waals surface area (Å²) in [6.07, 6.45) is -3.45. The van der Waals surface area contributed by atoms with Crippen LogP contribution in [0.5, 0.6) is 0 Å². The van der Waals surface area contributed by atoms with Crippen molar-refractivity contribution in [2.75, 3.05) is 12.3 Å².